The van der Waals surface area contributed by atoms with Gasteiger partial charge in [0.05, 0.1) is 15.8 Å². The minimum absolute atomic E-state index is 0.0586. The van der Waals surface area contributed by atoms with Crippen LogP contribution in [0.5, 0.6) is 0 Å². The highest BCUT2D eigenvalue weighted by molar-refractivity contribution is 7.23. The quantitative estimate of drug-likeness (QED) is 0.282. The monoisotopic (exact) mass is 640 g/mol. The van der Waals surface area contributed by atoms with Crippen molar-refractivity contribution in [2.75, 3.05) is 61.8 Å². The maximum Gasteiger partial charge on any atom is 0.417 e. The molecule has 0 unspecified atom stereocenters. The Bertz CT molecular complexity index is 1910. The number of nitrogens with one attached hydrogen (secondary N) is 1. The van der Waals surface area contributed by atoms with Gasteiger partial charge in [0, 0.05) is 68.2 Å². The highest BCUT2D eigenvalue weighted by Gasteiger charge is 2.55. The number of aromatic nitrogens is 2. The van der Waals surface area contributed by atoms with E-state index in [4.69, 9.17) is 10.7 Å². The third-order valence-corrected chi connectivity index (χ3v) is 11.0. The number of nitrogens with zero attached hydrogens (tertiary/aromatic N) is 6. The van der Waals surface area contributed by atoms with Crippen LogP contribution in [-0.2, 0) is 6.18 Å². The lowest BCUT2D eigenvalue weighted by atomic mass is 9.92. The smallest absolute Gasteiger partial charge is 0.389 e. The number of alkyl halides is 3. The van der Waals surface area contributed by atoms with Crippen molar-refractivity contribution >= 4 is 49.1 Å². The first kappa shape index (κ1) is 28.7. The minimum atomic E-state index is -5.00. The molecule has 4 aromatic rings. The van der Waals surface area contributed by atoms with Crippen molar-refractivity contribution in [2.24, 2.45) is 5.41 Å². The molecule has 3 N–H and O–H groups in total. The zero-order valence-corrected chi connectivity index (χ0v) is 25.1. The molecule has 14 heteroatoms. The third kappa shape index (κ3) is 4.42. The summed E-state index contributed by atoms with van der Waals surface area (Å²) in [5.41, 5.74) is 3.67. The molecule has 45 heavy (non-hydrogen) atoms. The van der Waals surface area contributed by atoms with Crippen LogP contribution in [0.3, 0.4) is 0 Å². The molecule has 0 bridgehead atoms. The second kappa shape index (κ2) is 9.85. The van der Waals surface area contributed by atoms with E-state index in [1.807, 2.05) is 11.0 Å². The van der Waals surface area contributed by atoms with Crippen LogP contribution in [0.25, 0.3) is 32.1 Å². The SMILES string of the molecule is CN(c1nc(N2CC(N3CC4(CC4)C3)C2)nc2c(F)c(-c3ccc(F)c4sc(N)c(C#N)c34)c(C(F)(F)F)cc12)[C@@H]1CCNC1. The van der Waals surface area contributed by atoms with E-state index < -0.39 is 28.9 Å². The molecule has 234 valence electrons. The molecule has 0 radical (unpaired) electrons. The Morgan fingerprint density at radius 2 is 1.93 bits per heavy atom. The van der Waals surface area contributed by atoms with Crippen LogP contribution < -0.4 is 20.9 Å². The number of nitrogens with two attached hydrogens (primary N) is 1. The summed E-state index contributed by atoms with van der Waals surface area (Å²) < 4.78 is 76.1. The van der Waals surface area contributed by atoms with Crippen molar-refractivity contribution in [3.63, 3.8) is 0 Å². The molecule has 1 spiro atoms. The third-order valence-electron chi connectivity index (χ3n) is 10.0. The topological polar surface area (TPSA) is 97.3 Å². The van der Waals surface area contributed by atoms with E-state index in [1.54, 1.807) is 11.9 Å². The Labute approximate surface area is 259 Å². The molecular weight excluding hydrogens is 611 g/mol. The first-order valence-corrected chi connectivity index (χ1v) is 15.7. The van der Waals surface area contributed by atoms with Crippen LogP contribution in [0.1, 0.15) is 30.4 Å². The van der Waals surface area contributed by atoms with E-state index in [0.717, 1.165) is 55.6 Å². The second-order valence-electron chi connectivity index (χ2n) is 12.8. The molecule has 2 aromatic carbocycles. The zero-order chi connectivity index (χ0) is 31.4. The van der Waals surface area contributed by atoms with Gasteiger partial charge in [-0.1, -0.05) is 6.07 Å². The van der Waals surface area contributed by atoms with Gasteiger partial charge in [0.25, 0.3) is 0 Å². The normalized spacial score (nSPS) is 21.4. The predicted octanol–water partition coefficient (Wildman–Crippen LogP) is 5.34. The zero-order valence-electron chi connectivity index (χ0n) is 24.3. The van der Waals surface area contributed by atoms with Crippen molar-refractivity contribution in [3.05, 3.63) is 41.0 Å². The fraction of sp³-hybridized carbons (Fsp3) is 0.452. The van der Waals surface area contributed by atoms with E-state index in [1.165, 1.54) is 12.8 Å². The summed E-state index contributed by atoms with van der Waals surface area (Å²) in [7, 11) is 1.76. The Kier molecular flexibility index (Phi) is 6.27. The number of hydrogen-bond donors (Lipinski definition) is 2. The fourth-order valence-corrected chi connectivity index (χ4v) is 8.11. The van der Waals surface area contributed by atoms with Gasteiger partial charge in [0.15, 0.2) is 5.82 Å². The largest absolute Gasteiger partial charge is 0.417 e. The van der Waals surface area contributed by atoms with Gasteiger partial charge in [-0.15, -0.1) is 11.3 Å². The molecule has 0 amide bonds. The number of nitrogen functional groups attached to an aromatic ring is 1. The summed E-state index contributed by atoms with van der Waals surface area (Å²) in [5, 5.41) is 12.8. The van der Waals surface area contributed by atoms with E-state index >= 15 is 4.39 Å². The van der Waals surface area contributed by atoms with Crippen LogP contribution in [0.2, 0.25) is 0 Å². The van der Waals surface area contributed by atoms with Gasteiger partial charge < -0.3 is 20.9 Å². The standard InChI is InChI=1S/C31H29F5N8S/c1-42(15-4-7-39-10-15)28-18-8-20(31(34,35)36)23(17-2-3-21(32)26-22(17)19(9-37)27(38)45-26)24(33)25(18)40-29(41-28)43-11-16(12-43)44-13-30(14-44)5-6-30/h2-3,8,15-16,39H,4-7,10-14,38H2,1H3/t15-/m1/s1. The summed E-state index contributed by atoms with van der Waals surface area (Å²) in [6.45, 7) is 4.79. The average Bonchev–Trinajstić information content (AvgIpc) is 3.41. The number of fused-ring (bicyclic) bond motifs is 2. The fourth-order valence-electron chi connectivity index (χ4n) is 7.16. The maximum absolute atomic E-state index is 16.9. The lowest BCUT2D eigenvalue weighted by Crippen LogP contribution is -2.66. The van der Waals surface area contributed by atoms with Gasteiger partial charge in [-0.25, -0.2) is 13.8 Å². The molecule has 3 aliphatic heterocycles. The molecule has 2 aromatic heterocycles. The Morgan fingerprint density at radius 3 is 2.58 bits per heavy atom. The lowest BCUT2D eigenvalue weighted by Gasteiger charge is -2.52. The number of anilines is 3. The first-order chi connectivity index (χ1) is 21.5. The predicted molar refractivity (Wildman–Crippen MR) is 163 cm³/mol. The van der Waals surface area contributed by atoms with Gasteiger partial charge in [-0.05, 0) is 48.9 Å². The van der Waals surface area contributed by atoms with Gasteiger partial charge in [-0.2, -0.15) is 23.4 Å². The summed E-state index contributed by atoms with van der Waals surface area (Å²) >= 11 is 0.739. The number of thiophene rings is 1. The van der Waals surface area contributed by atoms with Crippen LogP contribution in [-0.4, -0.2) is 73.3 Å². The Balaban J connectivity index is 1.32. The maximum atomic E-state index is 16.9. The van der Waals surface area contributed by atoms with Crippen molar-refractivity contribution in [3.8, 4) is 17.2 Å². The number of hydrogen-bond acceptors (Lipinski definition) is 9. The average molecular weight is 641 g/mol. The molecule has 8 rings (SSSR count). The molecule has 1 atom stereocenters. The van der Waals surface area contributed by atoms with Gasteiger partial charge >= 0.3 is 6.18 Å². The number of benzene rings is 2. The highest BCUT2D eigenvalue weighted by Crippen LogP contribution is 2.54. The molecule has 4 fully saturated rings. The van der Waals surface area contributed by atoms with Gasteiger partial charge in [-0.3, -0.25) is 4.90 Å². The Morgan fingerprint density at radius 1 is 1.18 bits per heavy atom. The summed E-state index contributed by atoms with van der Waals surface area (Å²) in [6.07, 6.45) is -1.70. The van der Waals surface area contributed by atoms with E-state index in [2.05, 4.69) is 15.2 Å². The summed E-state index contributed by atoms with van der Waals surface area (Å²) in [4.78, 5) is 15.5. The molecule has 5 heterocycles. The Hall–Kier alpha value is -3.80. The number of rotatable bonds is 5. The molecule has 8 nitrogen and oxygen atoms in total. The van der Waals surface area contributed by atoms with Gasteiger partial charge in [0.1, 0.15) is 28.2 Å². The molecule has 1 aliphatic carbocycles. The lowest BCUT2D eigenvalue weighted by molar-refractivity contribution is -0.137. The van der Waals surface area contributed by atoms with E-state index in [0.29, 0.717) is 31.1 Å². The van der Waals surface area contributed by atoms with E-state index in [-0.39, 0.29) is 54.9 Å². The number of nitriles is 1. The molecule has 1 saturated carbocycles. The minimum Gasteiger partial charge on any atom is -0.389 e. The summed E-state index contributed by atoms with van der Waals surface area (Å²) in [5.74, 6) is -1.51. The number of likely N-dealkylation sites (N-methyl/N-ethyl adjacent to an activating group) is 1. The van der Waals surface area contributed by atoms with Gasteiger partial charge in [0.2, 0.25) is 5.95 Å². The van der Waals surface area contributed by atoms with Crippen molar-refractivity contribution < 1.29 is 22.0 Å². The molecular formula is C31H29F5N8S. The highest BCUT2D eigenvalue weighted by atomic mass is 32.1. The van der Waals surface area contributed by atoms with E-state index in [9.17, 15) is 22.8 Å². The second-order valence-corrected chi connectivity index (χ2v) is 13.9. The van der Waals surface area contributed by atoms with Crippen LogP contribution >= 0.6 is 11.3 Å². The first-order valence-electron chi connectivity index (χ1n) is 14.9. The number of halogens is 5. The molecule has 4 aliphatic rings. The summed E-state index contributed by atoms with van der Waals surface area (Å²) in [6, 6.07) is 5.06. The molecule has 3 saturated heterocycles. The number of likely N-dealkylation sites (tertiary alicyclic amines) is 1. The van der Waals surface area contributed by atoms with Crippen LogP contribution in [0.4, 0.5) is 38.7 Å². The van der Waals surface area contributed by atoms with Crippen LogP contribution in [0, 0.1) is 28.4 Å². The van der Waals surface area contributed by atoms with Crippen molar-refractivity contribution in [2.45, 2.75) is 37.5 Å². The van der Waals surface area contributed by atoms with Crippen LogP contribution in [0.15, 0.2) is 18.2 Å². The van der Waals surface area contributed by atoms with Crippen molar-refractivity contribution in [1.82, 2.24) is 20.2 Å². The van der Waals surface area contributed by atoms with Crippen molar-refractivity contribution in [1.29, 1.82) is 5.26 Å².